The zero-order valence-corrected chi connectivity index (χ0v) is 27.5. The van der Waals surface area contributed by atoms with Crippen LogP contribution in [0.2, 0.25) is 0 Å². The number of carbonyl (C=O) groups is 1. The van der Waals surface area contributed by atoms with Crippen LogP contribution in [-0.4, -0.2) is 44.7 Å². The number of nitrogens with zero attached hydrogens (tertiary/aromatic N) is 1. The molecule has 0 unspecified atom stereocenters. The third-order valence-corrected chi connectivity index (χ3v) is 8.82. The fourth-order valence-electron chi connectivity index (χ4n) is 6.46. The lowest BCUT2D eigenvalue weighted by atomic mass is 9.93. The number of hydrogen-bond donors (Lipinski definition) is 1. The lowest BCUT2D eigenvalue weighted by Crippen LogP contribution is -2.25. The summed E-state index contributed by atoms with van der Waals surface area (Å²) in [7, 11) is 2.00. The maximum Gasteiger partial charge on any atom is 0.231 e. The number of rotatable bonds is 14. The molecule has 0 bridgehead atoms. The van der Waals surface area contributed by atoms with E-state index in [-0.39, 0.29) is 12.8 Å². The van der Waals surface area contributed by atoms with Crippen molar-refractivity contribution >= 4 is 12.0 Å². The van der Waals surface area contributed by atoms with Gasteiger partial charge >= 0.3 is 0 Å². The number of fused-ring (bicyclic) bond motifs is 1. The fraction of sp³-hybridized carbons (Fsp3) is 0.500. The molecule has 1 N–H and O–H groups in total. The Morgan fingerprint density at radius 1 is 0.886 bits per heavy atom. The number of nitrogens with one attached hydrogen (secondary N) is 1. The van der Waals surface area contributed by atoms with Crippen molar-refractivity contribution in [2.75, 3.05) is 38.9 Å². The molecule has 1 fully saturated rings. The van der Waals surface area contributed by atoms with Crippen LogP contribution in [0.5, 0.6) is 17.2 Å². The van der Waals surface area contributed by atoms with Crippen LogP contribution in [0.15, 0.2) is 54.6 Å². The molecule has 0 aliphatic carbocycles. The van der Waals surface area contributed by atoms with Crippen LogP contribution in [0.1, 0.15) is 99.1 Å². The van der Waals surface area contributed by atoms with E-state index in [4.69, 9.17) is 14.2 Å². The average Bonchev–Trinajstić information content (AvgIpc) is 3.70. The van der Waals surface area contributed by atoms with Gasteiger partial charge in [-0.05, 0) is 85.0 Å². The monoisotopic (exact) mass is 600 g/mol. The van der Waals surface area contributed by atoms with Gasteiger partial charge in [0, 0.05) is 25.3 Å². The van der Waals surface area contributed by atoms with Crippen LogP contribution in [-0.2, 0) is 17.6 Å². The van der Waals surface area contributed by atoms with E-state index in [9.17, 15) is 4.79 Å². The second-order valence-electron chi connectivity index (χ2n) is 11.9. The van der Waals surface area contributed by atoms with Crippen LogP contribution in [0.25, 0.3) is 0 Å². The maximum absolute atomic E-state index is 11.3. The fourth-order valence-corrected chi connectivity index (χ4v) is 6.46. The normalized spacial score (nSPS) is 17.2. The van der Waals surface area contributed by atoms with E-state index in [2.05, 4.69) is 86.4 Å². The minimum absolute atomic E-state index is 0.226. The van der Waals surface area contributed by atoms with Gasteiger partial charge in [-0.1, -0.05) is 82.3 Å². The summed E-state index contributed by atoms with van der Waals surface area (Å²) in [6, 6.07) is 19.4. The second kappa shape index (κ2) is 17.1. The number of likely N-dealkylation sites (tertiary alicyclic amines) is 1. The highest BCUT2D eigenvalue weighted by molar-refractivity contribution is 5.59. The zero-order valence-electron chi connectivity index (χ0n) is 27.5. The average molecular weight is 601 g/mol. The van der Waals surface area contributed by atoms with Crippen molar-refractivity contribution in [3.05, 3.63) is 82.4 Å². The van der Waals surface area contributed by atoms with E-state index in [0.29, 0.717) is 12.5 Å². The maximum atomic E-state index is 11.3. The first-order valence-corrected chi connectivity index (χ1v) is 16.6. The molecule has 3 aromatic rings. The molecular formula is C38H52N2O4. The van der Waals surface area contributed by atoms with Crippen LogP contribution in [0.3, 0.4) is 0 Å². The highest BCUT2D eigenvalue weighted by atomic mass is 16.7. The van der Waals surface area contributed by atoms with Gasteiger partial charge in [-0.25, -0.2) is 0 Å². The van der Waals surface area contributed by atoms with Gasteiger partial charge in [-0.2, -0.15) is 0 Å². The van der Waals surface area contributed by atoms with Crippen molar-refractivity contribution in [3.8, 4) is 17.2 Å². The highest BCUT2D eigenvalue weighted by Gasteiger charge is 2.34. The van der Waals surface area contributed by atoms with E-state index in [1.165, 1.54) is 59.2 Å². The molecule has 6 nitrogen and oxygen atoms in total. The van der Waals surface area contributed by atoms with Crippen molar-refractivity contribution in [2.24, 2.45) is 0 Å². The second-order valence-corrected chi connectivity index (χ2v) is 11.9. The molecule has 0 aromatic heterocycles. The Hall–Kier alpha value is -3.51. The van der Waals surface area contributed by atoms with Gasteiger partial charge in [0.1, 0.15) is 12.0 Å². The zero-order chi connectivity index (χ0) is 31.3. The van der Waals surface area contributed by atoms with Crippen molar-refractivity contribution < 1.29 is 19.0 Å². The highest BCUT2D eigenvalue weighted by Crippen LogP contribution is 2.43. The molecule has 2 atom stereocenters. The molecule has 0 radical (unpaired) electrons. The van der Waals surface area contributed by atoms with Gasteiger partial charge in [0.15, 0.2) is 11.5 Å². The van der Waals surface area contributed by atoms with E-state index in [1.807, 2.05) is 13.1 Å². The quantitative estimate of drug-likeness (QED) is 0.148. The lowest BCUT2D eigenvalue weighted by molar-refractivity contribution is -0.109. The molecule has 1 saturated heterocycles. The molecule has 2 heterocycles. The Kier molecular flexibility index (Phi) is 13.0. The third-order valence-electron chi connectivity index (χ3n) is 8.82. The minimum Gasteiger partial charge on any atom is -0.494 e. The summed E-state index contributed by atoms with van der Waals surface area (Å²) in [6.45, 7) is 11.2. The Balaban J connectivity index is 0.000000285. The Labute approximate surface area is 265 Å². The van der Waals surface area contributed by atoms with E-state index < -0.39 is 0 Å². The largest absolute Gasteiger partial charge is 0.494 e. The number of hydrogen-bond acceptors (Lipinski definition) is 6. The topological polar surface area (TPSA) is 60.0 Å². The first kappa shape index (κ1) is 33.4. The summed E-state index contributed by atoms with van der Waals surface area (Å²) in [5, 5.41) is 3.29. The Bertz CT molecular complexity index is 1300. The molecule has 2 aliphatic heterocycles. The van der Waals surface area contributed by atoms with Gasteiger partial charge in [0.05, 0.1) is 13.2 Å². The number of unbranched alkanes of at least 4 members (excludes halogenated alkanes) is 4. The molecule has 44 heavy (non-hydrogen) atoms. The number of benzene rings is 3. The van der Waals surface area contributed by atoms with Gasteiger partial charge < -0.3 is 24.3 Å². The molecule has 238 valence electrons. The van der Waals surface area contributed by atoms with Gasteiger partial charge in [-0.3, -0.25) is 4.90 Å². The van der Waals surface area contributed by atoms with Crippen LogP contribution in [0.4, 0.5) is 5.69 Å². The summed E-state index contributed by atoms with van der Waals surface area (Å²) in [4.78, 5) is 13.6. The van der Waals surface area contributed by atoms with Crippen molar-refractivity contribution in [2.45, 2.75) is 91.0 Å². The Morgan fingerprint density at radius 3 is 2.23 bits per heavy atom. The van der Waals surface area contributed by atoms with E-state index >= 15 is 0 Å². The molecular weight excluding hydrogens is 548 g/mol. The summed E-state index contributed by atoms with van der Waals surface area (Å²) < 4.78 is 16.9. The number of aldehydes is 1. The van der Waals surface area contributed by atoms with Gasteiger partial charge in [0.25, 0.3) is 0 Å². The van der Waals surface area contributed by atoms with Gasteiger partial charge in [-0.15, -0.1) is 0 Å². The summed E-state index contributed by atoms with van der Waals surface area (Å²) in [6.07, 6.45) is 10.4. The molecule has 0 amide bonds. The van der Waals surface area contributed by atoms with Crippen molar-refractivity contribution in [1.82, 2.24) is 4.90 Å². The molecule has 2 aliphatic rings. The third kappa shape index (κ3) is 8.78. The summed E-state index contributed by atoms with van der Waals surface area (Å²) in [5.74, 6) is 2.91. The summed E-state index contributed by atoms with van der Waals surface area (Å²) >= 11 is 0. The first-order chi connectivity index (χ1) is 21.5. The minimum atomic E-state index is 0.226. The predicted octanol–water partition coefficient (Wildman–Crippen LogP) is 8.66. The predicted molar refractivity (Wildman–Crippen MR) is 180 cm³/mol. The number of carbonyl (C=O) groups excluding carboxylic acids is 1. The number of ether oxygens (including phenoxy) is 3. The lowest BCUT2D eigenvalue weighted by Gasteiger charge is -2.22. The summed E-state index contributed by atoms with van der Waals surface area (Å²) in [5.41, 5.74) is 8.04. The van der Waals surface area contributed by atoms with Crippen molar-refractivity contribution in [1.29, 1.82) is 0 Å². The number of anilines is 1. The van der Waals surface area contributed by atoms with E-state index in [0.717, 1.165) is 62.4 Å². The van der Waals surface area contributed by atoms with Crippen LogP contribution < -0.4 is 19.5 Å². The molecule has 0 spiro atoms. The molecule has 3 aromatic carbocycles. The molecule has 5 rings (SSSR count). The molecule has 0 saturated carbocycles. The van der Waals surface area contributed by atoms with Crippen LogP contribution in [0, 0.1) is 6.92 Å². The molecule has 6 heteroatoms. The number of aryl methyl sites for hydroxylation is 3. The smallest absolute Gasteiger partial charge is 0.231 e. The van der Waals surface area contributed by atoms with Crippen LogP contribution >= 0.6 is 0 Å². The SMILES string of the molecule is CCCCCCCOc1ccc([C@H]2C[C@@H](c3ccc4c(c3)OCO4)CN2CC=O)cc1.CCc1cc(C)cc(CC)c1NC. The van der Waals surface area contributed by atoms with E-state index in [1.54, 1.807) is 0 Å². The van der Waals surface area contributed by atoms with Gasteiger partial charge in [0.2, 0.25) is 6.79 Å². The first-order valence-electron chi connectivity index (χ1n) is 16.6. The Morgan fingerprint density at radius 2 is 1.57 bits per heavy atom. The van der Waals surface area contributed by atoms with Crippen molar-refractivity contribution in [3.63, 3.8) is 0 Å². The standard InChI is InChI=1S/C26H33NO4.C12H19N/c1-2-3-4-5-6-15-29-23-10-7-20(8-11-23)24-16-22(18-27(24)13-14-28)21-9-12-25-26(17-21)31-19-30-25;1-5-10-7-9(3)8-11(6-2)12(10)13-4/h7-12,14,17,22,24H,2-6,13,15-16,18-19H2,1H3;7-8,13H,5-6H2,1-4H3/t22-,24-;/m1./s1.